The summed E-state index contributed by atoms with van der Waals surface area (Å²) in [7, 11) is -0.463. The molecule has 0 amide bonds. The minimum atomic E-state index is -3.59. The number of nitrogens with zero attached hydrogens (tertiary/aromatic N) is 2. The fourth-order valence-corrected chi connectivity index (χ4v) is 1.89. The van der Waals surface area contributed by atoms with Gasteiger partial charge in [-0.2, -0.15) is 5.10 Å². The lowest BCUT2D eigenvalue weighted by Crippen LogP contribution is -2.36. The Hall–Kier alpha value is -1.12. The van der Waals surface area contributed by atoms with Crippen molar-refractivity contribution < 1.29 is 8.42 Å². The van der Waals surface area contributed by atoms with Gasteiger partial charge in [0.25, 0.3) is 10.0 Å². The predicted octanol–water partition coefficient (Wildman–Crippen LogP) is -1.25. The minimum absolute atomic E-state index is 0.0225. The van der Waals surface area contributed by atoms with Crippen LogP contribution >= 0.6 is 0 Å². The molecule has 8 heteroatoms. The van der Waals surface area contributed by atoms with Crippen molar-refractivity contribution in [1.29, 1.82) is 0 Å². The Bertz CT molecular complexity index is 381. The molecule has 0 unspecified atom stereocenters. The quantitative estimate of drug-likeness (QED) is 0.535. The van der Waals surface area contributed by atoms with Crippen molar-refractivity contribution in [2.75, 3.05) is 19.8 Å². The maximum Gasteiger partial charge on any atom is 0.258 e. The molecule has 0 aromatic carbocycles. The molecule has 0 spiro atoms. The van der Waals surface area contributed by atoms with Crippen molar-refractivity contribution in [3.05, 3.63) is 6.20 Å². The van der Waals surface area contributed by atoms with Crippen LogP contribution < -0.4 is 10.6 Å². The van der Waals surface area contributed by atoms with Crippen molar-refractivity contribution in [3.8, 4) is 0 Å². The number of nitrogens with one attached hydrogen (secondary N) is 2. The van der Waals surface area contributed by atoms with E-state index in [0.29, 0.717) is 0 Å². The molecular weight excluding hydrogens is 194 g/mol. The summed E-state index contributed by atoms with van der Waals surface area (Å²) >= 11 is 0. The Labute approximate surface area is 75.9 Å². The third kappa shape index (κ3) is 2.17. The zero-order valence-electron chi connectivity index (χ0n) is 7.27. The Balaban J connectivity index is 3.02. The minimum Gasteiger partial charge on any atom is -0.383 e. The molecule has 7 nitrogen and oxygen atoms in total. The second-order valence-electron chi connectivity index (χ2n) is 2.64. The number of aromatic nitrogens is 2. The monoisotopic (exact) mass is 205 g/mol. The summed E-state index contributed by atoms with van der Waals surface area (Å²) in [5.41, 5.74) is 5.35. The predicted molar refractivity (Wildman–Crippen MR) is 47.0 cm³/mol. The largest absolute Gasteiger partial charge is 0.383 e. The summed E-state index contributed by atoms with van der Waals surface area (Å²) < 4.78 is 22.9. The second-order valence-corrected chi connectivity index (χ2v) is 4.27. The average molecular weight is 205 g/mol. The number of anilines is 1. The van der Waals surface area contributed by atoms with Crippen molar-refractivity contribution in [3.63, 3.8) is 0 Å². The van der Waals surface area contributed by atoms with E-state index in [1.54, 1.807) is 14.1 Å². The van der Waals surface area contributed by atoms with Crippen LogP contribution in [-0.2, 0) is 10.0 Å². The SMILES string of the molecule is CN(C)NS(=O)(=O)c1cn[nH]c1N. The second kappa shape index (κ2) is 3.32. The highest BCUT2D eigenvalue weighted by Gasteiger charge is 2.19. The molecule has 13 heavy (non-hydrogen) atoms. The molecule has 1 heterocycles. The van der Waals surface area contributed by atoms with Gasteiger partial charge < -0.3 is 5.73 Å². The molecule has 0 aliphatic heterocycles. The number of sulfonamides is 1. The van der Waals surface area contributed by atoms with Gasteiger partial charge in [0.15, 0.2) is 0 Å². The van der Waals surface area contributed by atoms with Crippen molar-refractivity contribution >= 4 is 15.8 Å². The van der Waals surface area contributed by atoms with Crippen LogP contribution in [0.3, 0.4) is 0 Å². The van der Waals surface area contributed by atoms with Crippen LogP contribution in [0.2, 0.25) is 0 Å². The van der Waals surface area contributed by atoms with E-state index in [9.17, 15) is 8.42 Å². The molecular formula is C5H11N5O2S. The topological polar surface area (TPSA) is 104 Å². The number of H-pyrrole nitrogens is 1. The summed E-state index contributed by atoms with van der Waals surface area (Å²) in [4.78, 5) is 2.17. The molecule has 1 rings (SSSR count). The van der Waals surface area contributed by atoms with Crippen LogP contribution in [0.4, 0.5) is 5.82 Å². The first-order chi connectivity index (χ1) is 5.93. The molecule has 74 valence electrons. The van der Waals surface area contributed by atoms with Gasteiger partial charge in [-0.15, -0.1) is 4.83 Å². The number of rotatable bonds is 3. The summed E-state index contributed by atoms with van der Waals surface area (Å²) in [6.07, 6.45) is 1.15. The van der Waals surface area contributed by atoms with Crippen LogP contribution in [0.1, 0.15) is 0 Å². The fraction of sp³-hybridized carbons (Fsp3) is 0.400. The number of nitrogen functional groups attached to an aromatic ring is 1. The highest BCUT2D eigenvalue weighted by atomic mass is 32.2. The van der Waals surface area contributed by atoms with Crippen molar-refractivity contribution in [2.24, 2.45) is 0 Å². The summed E-state index contributed by atoms with van der Waals surface area (Å²) in [5, 5.41) is 7.15. The number of nitrogens with two attached hydrogens (primary N) is 1. The number of hydrogen-bond acceptors (Lipinski definition) is 5. The first-order valence-corrected chi connectivity index (χ1v) is 4.90. The van der Waals surface area contributed by atoms with Gasteiger partial charge >= 0.3 is 0 Å². The molecule has 0 saturated carbocycles. The van der Waals surface area contributed by atoms with Crippen molar-refractivity contribution in [1.82, 2.24) is 20.0 Å². The Morgan fingerprint density at radius 2 is 2.23 bits per heavy atom. The fourth-order valence-electron chi connectivity index (χ4n) is 0.789. The van der Waals surface area contributed by atoms with Gasteiger partial charge in [-0.25, -0.2) is 13.4 Å². The molecule has 0 atom stereocenters. The first kappa shape index (κ1) is 9.96. The lowest BCUT2D eigenvalue weighted by atomic mass is 10.7. The van der Waals surface area contributed by atoms with Crippen LogP contribution in [0, 0.1) is 0 Å². The van der Waals surface area contributed by atoms with E-state index in [2.05, 4.69) is 15.0 Å². The summed E-state index contributed by atoms with van der Waals surface area (Å²) in [5.74, 6) is 0.0225. The lowest BCUT2D eigenvalue weighted by molar-refractivity contribution is 0.364. The van der Waals surface area contributed by atoms with Crippen molar-refractivity contribution in [2.45, 2.75) is 4.90 Å². The molecule has 0 fully saturated rings. The van der Waals surface area contributed by atoms with Gasteiger partial charge in [0.1, 0.15) is 10.7 Å². The van der Waals surface area contributed by atoms with E-state index in [-0.39, 0.29) is 10.7 Å². The average Bonchev–Trinajstić information content (AvgIpc) is 2.32. The Kier molecular flexibility index (Phi) is 2.55. The van der Waals surface area contributed by atoms with E-state index >= 15 is 0 Å². The molecule has 1 aromatic heterocycles. The third-order valence-electron chi connectivity index (χ3n) is 1.22. The normalized spacial score (nSPS) is 12.2. The van der Waals surface area contributed by atoms with E-state index in [4.69, 9.17) is 5.73 Å². The van der Waals surface area contributed by atoms with E-state index < -0.39 is 10.0 Å². The lowest BCUT2D eigenvalue weighted by Gasteiger charge is -2.11. The molecule has 0 aliphatic carbocycles. The molecule has 1 aromatic rings. The van der Waals surface area contributed by atoms with Gasteiger partial charge in [0.2, 0.25) is 0 Å². The van der Waals surface area contributed by atoms with Crippen LogP contribution in [0.25, 0.3) is 0 Å². The van der Waals surface area contributed by atoms with Gasteiger partial charge in [-0.1, -0.05) is 0 Å². The van der Waals surface area contributed by atoms with E-state index in [0.717, 1.165) is 6.20 Å². The van der Waals surface area contributed by atoms with E-state index in [1.807, 2.05) is 0 Å². The number of aromatic amines is 1. The standard InChI is InChI=1S/C5H11N5O2S/c1-10(2)9-13(11,12)4-3-7-8-5(4)6/h3,9H,1-2H3,(H3,6,7,8). The smallest absolute Gasteiger partial charge is 0.258 e. The van der Waals surface area contributed by atoms with Gasteiger partial charge in [-0.05, 0) is 0 Å². The summed E-state index contributed by atoms with van der Waals surface area (Å²) in [6.45, 7) is 0. The first-order valence-electron chi connectivity index (χ1n) is 3.42. The zero-order valence-corrected chi connectivity index (χ0v) is 8.09. The van der Waals surface area contributed by atoms with Gasteiger partial charge in [-0.3, -0.25) is 5.10 Å². The summed E-state index contributed by atoms with van der Waals surface area (Å²) in [6, 6.07) is 0. The van der Waals surface area contributed by atoms with Gasteiger partial charge in [0, 0.05) is 14.1 Å². The van der Waals surface area contributed by atoms with Gasteiger partial charge in [0.05, 0.1) is 6.20 Å². The number of hydrogen-bond donors (Lipinski definition) is 3. The molecule has 0 radical (unpaired) electrons. The van der Waals surface area contributed by atoms with Crippen LogP contribution in [0.5, 0.6) is 0 Å². The highest BCUT2D eigenvalue weighted by molar-refractivity contribution is 7.89. The maximum atomic E-state index is 11.4. The van der Waals surface area contributed by atoms with E-state index in [1.165, 1.54) is 5.01 Å². The Morgan fingerprint density at radius 3 is 2.62 bits per heavy atom. The number of hydrazine groups is 1. The highest BCUT2D eigenvalue weighted by Crippen LogP contribution is 2.13. The molecule has 0 saturated heterocycles. The Morgan fingerprint density at radius 1 is 1.62 bits per heavy atom. The zero-order chi connectivity index (χ0) is 10.1. The molecule has 4 N–H and O–H groups in total. The van der Waals surface area contributed by atoms with Crippen LogP contribution in [-0.4, -0.2) is 37.7 Å². The maximum absolute atomic E-state index is 11.4. The molecule has 0 aliphatic rings. The third-order valence-corrected chi connectivity index (χ3v) is 2.73. The molecule has 0 bridgehead atoms. The van der Waals surface area contributed by atoms with Crippen LogP contribution in [0.15, 0.2) is 11.1 Å².